The molecule has 2 aromatic carbocycles. The molecule has 0 saturated carbocycles. The number of ether oxygens (including phenoxy) is 1. The van der Waals surface area contributed by atoms with E-state index in [0.29, 0.717) is 11.1 Å². The molecule has 0 aliphatic rings. The van der Waals surface area contributed by atoms with Gasteiger partial charge >= 0.3 is 18.3 Å². The highest BCUT2D eigenvalue weighted by Crippen LogP contribution is 2.33. The fourth-order valence-corrected chi connectivity index (χ4v) is 2.82. The molecule has 31 heavy (non-hydrogen) atoms. The Kier molecular flexibility index (Phi) is 6.06. The lowest BCUT2D eigenvalue weighted by Crippen LogP contribution is -2.07. The Balaban J connectivity index is 2.08. The van der Waals surface area contributed by atoms with Crippen molar-refractivity contribution in [3.8, 4) is 22.5 Å². The van der Waals surface area contributed by atoms with Gasteiger partial charge in [0.05, 0.1) is 34.7 Å². The summed E-state index contributed by atoms with van der Waals surface area (Å²) in [5.74, 6) is -0.689. The van der Waals surface area contributed by atoms with Crippen LogP contribution in [-0.2, 0) is 17.1 Å². The van der Waals surface area contributed by atoms with E-state index in [1.54, 1.807) is 6.92 Å². The minimum atomic E-state index is -4.51. The average Bonchev–Trinajstić information content (AvgIpc) is 2.72. The molecule has 0 bridgehead atoms. The van der Waals surface area contributed by atoms with Crippen LogP contribution in [0.3, 0.4) is 0 Å². The maximum absolute atomic E-state index is 12.8. The third-order valence-electron chi connectivity index (χ3n) is 4.35. The highest BCUT2D eigenvalue weighted by molar-refractivity contribution is 5.92. The summed E-state index contributed by atoms with van der Waals surface area (Å²) in [7, 11) is 0. The van der Waals surface area contributed by atoms with Crippen LogP contribution in [0.25, 0.3) is 22.5 Å². The van der Waals surface area contributed by atoms with E-state index in [0.717, 1.165) is 24.3 Å². The number of hydrogen-bond acceptors (Lipinski definition) is 3. The summed E-state index contributed by atoms with van der Waals surface area (Å²) < 4.78 is 81.9. The van der Waals surface area contributed by atoms with Crippen molar-refractivity contribution in [1.82, 2.24) is 4.98 Å². The largest absolute Gasteiger partial charge is 0.462 e. The molecule has 0 saturated heterocycles. The predicted molar refractivity (Wildman–Crippen MR) is 101 cm³/mol. The van der Waals surface area contributed by atoms with E-state index in [2.05, 4.69) is 4.98 Å². The van der Waals surface area contributed by atoms with Gasteiger partial charge in [-0.3, -0.25) is 0 Å². The number of halogens is 6. The number of esters is 1. The molecule has 9 heteroatoms. The van der Waals surface area contributed by atoms with Crippen LogP contribution in [0.1, 0.15) is 28.4 Å². The summed E-state index contributed by atoms with van der Waals surface area (Å²) in [4.78, 5) is 16.6. The van der Waals surface area contributed by atoms with Gasteiger partial charge in [-0.1, -0.05) is 24.3 Å². The lowest BCUT2D eigenvalue weighted by Gasteiger charge is -2.12. The first-order valence-electron chi connectivity index (χ1n) is 9.03. The molecule has 0 aliphatic heterocycles. The number of alkyl halides is 6. The number of carbonyl (C=O) groups is 1. The van der Waals surface area contributed by atoms with Gasteiger partial charge < -0.3 is 4.74 Å². The first-order valence-corrected chi connectivity index (χ1v) is 9.03. The van der Waals surface area contributed by atoms with Crippen LogP contribution in [0.2, 0.25) is 0 Å². The SMILES string of the molecule is CCOC(=O)c1cc(-c2ccc(C(F)(F)F)cc2)nc(-c2ccc(C(F)(F)F)cc2)c1. The molecule has 0 N–H and O–H groups in total. The van der Waals surface area contributed by atoms with E-state index in [1.165, 1.54) is 36.4 Å². The zero-order valence-electron chi connectivity index (χ0n) is 16.0. The molecule has 0 unspecified atom stereocenters. The number of hydrogen-bond donors (Lipinski definition) is 0. The van der Waals surface area contributed by atoms with Crippen molar-refractivity contribution in [1.29, 1.82) is 0 Å². The number of pyridine rings is 1. The summed E-state index contributed by atoms with van der Waals surface area (Å²) in [6.45, 7) is 1.69. The summed E-state index contributed by atoms with van der Waals surface area (Å²) >= 11 is 0. The van der Waals surface area contributed by atoms with E-state index in [1.807, 2.05) is 0 Å². The number of benzene rings is 2. The molecule has 0 spiro atoms. The number of rotatable bonds is 4. The van der Waals surface area contributed by atoms with Gasteiger partial charge in [-0.05, 0) is 43.3 Å². The molecular weight excluding hydrogens is 424 g/mol. The second-order valence-corrected chi connectivity index (χ2v) is 6.50. The van der Waals surface area contributed by atoms with Crippen LogP contribution in [0.5, 0.6) is 0 Å². The monoisotopic (exact) mass is 439 g/mol. The molecule has 0 fully saturated rings. The minimum absolute atomic E-state index is 0.0710. The van der Waals surface area contributed by atoms with Crippen LogP contribution in [-0.4, -0.2) is 17.6 Å². The van der Waals surface area contributed by atoms with Crippen molar-refractivity contribution in [2.75, 3.05) is 6.61 Å². The Labute approximate surface area is 173 Å². The molecule has 162 valence electrons. The van der Waals surface area contributed by atoms with E-state index < -0.39 is 29.4 Å². The first-order chi connectivity index (χ1) is 14.5. The molecule has 0 radical (unpaired) electrons. The van der Waals surface area contributed by atoms with Gasteiger partial charge in [0.1, 0.15) is 0 Å². The van der Waals surface area contributed by atoms with Gasteiger partial charge in [0.15, 0.2) is 0 Å². The van der Waals surface area contributed by atoms with E-state index in [4.69, 9.17) is 4.74 Å². The van der Waals surface area contributed by atoms with Crippen LogP contribution < -0.4 is 0 Å². The van der Waals surface area contributed by atoms with Crippen molar-refractivity contribution in [3.05, 3.63) is 77.4 Å². The van der Waals surface area contributed by atoms with Crippen molar-refractivity contribution < 1.29 is 35.9 Å². The fourth-order valence-electron chi connectivity index (χ4n) is 2.82. The maximum Gasteiger partial charge on any atom is 0.416 e. The smallest absolute Gasteiger partial charge is 0.416 e. The Bertz CT molecular complexity index is 995. The minimum Gasteiger partial charge on any atom is -0.462 e. The summed E-state index contributed by atoms with van der Waals surface area (Å²) in [6, 6.07) is 11.1. The van der Waals surface area contributed by atoms with Crippen molar-refractivity contribution in [2.45, 2.75) is 19.3 Å². The normalized spacial score (nSPS) is 12.0. The highest BCUT2D eigenvalue weighted by Gasteiger charge is 2.31. The zero-order chi connectivity index (χ0) is 22.8. The third kappa shape index (κ3) is 5.22. The predicted octanol–water partition coefficient (Wildman–Crippen LogP) is 6.63. The number of aromatic nitrogens is 1. The quantitative estimate of drug-likeness (QED) is 0.338. The zero-order valence-corrected chi connectivity index (χ0v) is 16.0. The van der Waals surface area contributed by atoms with E-state index in [9.17, 15) is 31.1 Å². The van der Waals surface area contributed by atoms with Gasteiger partial charge in [0.2, 0.25) is 0 Å². The van der Waals surface area contributed by atoms with Gasteiger partial charge in [0.25, 0.3) is 0 Å². The Morgan fingerprint density at radius 1 is 0.774 bits per heavy atom. The second kappa shape index (κ2) is 8.41. The lowest BCUT2D eigenvalue weighted by atomic mass is 10.0. The van der Waals surface area contributed by atoms with Crippen molar-refractivity contribution in [2.24, 2.45) is 0 Å². The van der Waals surface area contributed by atoms with Gasteiger partial charge in [-0.2, -0.15) is 26.3 Å². The van der Waals surface area contributed by atoms with E-state index >= 15 is 0 Å². The molecule has 1 aromatic heterocycles. The molecule has 0 aliphatic carbocycles. The average molecular weight is 439 g/mol. The first kappa shape index (κ1) is 22.3. The highest BCUT2D eigenvalue weighted by atomic mass is 19.4. The molecule has 3 rings (SSSR count). The summed E-state index contributed by atoms with van der Waals surface area (Å²) in [5, 5.41) is 0. The number of carbonyl (C=O) groups excluding carboxylic acids is 1. The molecule has 3 nitrogen and oxygen atoms in total. The van der Waals surface area contributed by atoms with Gasteiger partial charge in [-0.15, -0.1) is 0 Å². The fraction of sp³-hybridized carbons (Fsp3) is 0.182. The Hall–Kier alpha value is -3.36. The molecule has 3 aromatic rings. The van der Waals surface area contributed by atoms with Gasteiger partial charge in [0, 0.05) is 11.1 Å². The number of nitrogens with zero attached hydrogens (tertiary/aromatic N) is 1. The molecule has 0 amide bonds. The molecular formula is C22H15F6NO2. The van der Waals surface area contributed by atoms with Crippen LogP contribution >= 0.6 is 0 Å². The Morgan fingerprint density at radius 3 is 1.48 bits per heavy atom. The lowest BCUT2D eigenvalue weighted by molar-refractivity contribution is -0.138. The maximum atomic E-state index is 12.8. The van der Waals surface area contributed by atoms with Crippen LogP contribution in [0.15, 0.2) is 60.7 Å². The standard InChI is InChI=1S/C22H15F6NO2/c1-2-31-20(30)15-11-18(13-3-7-16(8-4-13)21(23,24)25)29-19(12-15)14-5-9-17(10-6-14)22(26,27)28/h3-12H,2H2,1H3. The van der Waals surface area contributed by atoms with Crippen LogP contribution in [0, 0.1) is 0 Å². The van der Waals surface area contributed by atoms with Gasteiger partial charge in [-0.25, -0.2) is 9.78 Å². The van der Waals surface area contributed by atoms with Crippen molar-refractivity contribution >= 4 is 5.97 Å². The summed E-state index contributed by atoms with van der Waals surface area (Å²) in [5.41, 5.74) is -0.675. The molecule has 1 heterocycles. The van der Waals surface area contributed by atoms with E-state index in [-0.39, 0.29) is 23.6 Å². The Morgan fingerprint density at radius 2 is 1.16 bits per heavy atom. The topological polar surface area (TPSA) is 39.2 Å². The second-order valence-electron chi connectivity index (χ2n) is 6.50. The summed E-state index contributed by atoms with van der Waals surface area (Å²) in [6.07, 6.45) is -9.02. The van der Waals surface area contributed by atoms with Crippen molar-refractivity contribution in [3.63, 3.8) is 0 Å². The van der Waals surface area contributed by atoms with Crippen LogP contribution in [0.4, 0.5) is 26.3 Å². The third-order valence-corrected chi connectivity index (χ3v) is 4.35. The molecule has 0 atom stereocenters.